The first kappa shape index (κ1) is 13.6. The third-order valence-electron chi connectivity index (χ3n) is 2.50. The fourth-order valence-corrected chi connectivity index (χ4v) is 1.91. The molecule has 1 rings (SSSR count). The van der Waals surface area contributed by atoms with Crippen LogP contribution in [0, 0.1) is 5.82 Å². The van der Waals surface area contributed by atoms with Crippen molar-refractivity contribution in [3.63, 3.8) is 0 Å². The average Bonchev–Trinajstić information content (AvgIpc) is 2.23. The Morgan fingerprint density at radius 3 is 2.81 bits per heavy atom. The van der Waals surface area contributed by atoms with Crippen LogP contribution in [0.15, 0.2) is 22.7 Å². The first-order valence-corrected chi connectivity index (χ1v) is 6.15. The van der Waals surface area contributed by atoms with E-state index in [2.05, 4.69) is 15.9 Å². The third kappa shape index (κ3) is 3.85. The van der Waals surface area contributed by atoms with Crippen molar-refractivity contribution in [3.05, 3.63) is 34.1 Å². The van der Waals surface area contributed by atoms with Crippen molar-refractivity contribution in [2.24, 2.45) is 5.73 Å². The van der Waals surface area contributed by atoms with Crippen LogP contribution in [0.1, 0.15) is 19.4 Å². The molecular formula is C12H17BrFNO. The Labute approximate surface area is 104 Å². The summed E-state index contributed by atoms with van der Waals surface area (Å²) in [5.41, 5.74) is 6.86. The van der Waals surface area contributed by atoms with E-state index in [0.717, 1.165) is 10.0 Å². The van der Waals surface area contributed by atoms with Gasteiger partial charge in [0.05, 0.1) is 6.10 Å². The molecule has 2 nitrogen and oxygen atoms in total. The number of hydrogen-bond donors (Lipinski definition) is 1. The van der Waals surface area contributed by atoms with Gasteiger partial charge in [-0.2, -0.15) is 0 Å². The second kappa shape index (κ2) is 6.33. The normalized spacial score (nSPS) is 14.8. The molecule has 0 spiro atoms. The van der Waals surface area contributed by atoms with Gasteiger partial charge in [0.1, 0.15) is 5.82 Å². The van der Waals surface area contributed by atoms with Crippen molar-refractivity contribution in [1.82, 2.24) is 0 Å². The van der Waals surface area contributed by atoms with Gasteiger partial charge in [-0.05, 0) is 44.0 Å². The standard InChI is InChI=1S/C12H17BrFNO/c1-3-16-8(2)12(15)7-9-6-10(14)4-5-11(9)13/h4-6,8,12H,3,7,15H2,1-2H3. The molecule has 0 aliphatic carbocycles. The van der Waals surface area contributed by atoms with Gasteiger partial charge >= 0.3 is 0 Å². The van der Waals surface area contributed by atoms with E-state index in [-0.39, 0.29) is 18.0 Å². The molecule has 1 aromatic carbocycles. The van der Waals surface area contributed by atoms with Crippen LogP contribution >= 0.6 is 15.9 Å². The Bertz CT molecular complexity index is 346. The van der Waals surface area contributed by atoms with Crippen molar-refractivity contribution < 1.29 is 9.13 Å². The minimum absolute atomic E-state index is 0.0276. The van der Waals surface area contributed by atoms with Crippen LogP contribution in [0.5, 0.6) is 0 Å². The Kier molecular flexibility index (Phi) is 5.38. The predicted octanol–water partition coefficient (Wildman–Crippen LogP) is 2.88. The van der Waals surface area contributed by atoms with E-state index >= 15 is 0 Å². The summed E-state index contributed by atoms with van der Waals surface area (Å²) < 4.78 is 19.3. The molecule has 0 aliphatic heterocycles. The molecule has 2 atom stereocenters. The lowest BCUT2D eigenvalue weighted by molar-refractivity contribution is 0.0576. The first-order valence-electron chi connectivity index (χ1n) is 5.35. The van der Waals surface area contributed by atoms with Gasteiger partial charge in [-0.15, -0.1) is 0 Å². The molecule has 0 bridgehead atoms. The maximum Gasteiger partial charge on any atom is 0.123 e. The number of benzene rings is 1. The molecule has 0 fully saturated rings. The molecule has 4 heteroatoms. The quantitative estimate of drug-likeness (QED) is 0.905. The van der Waals surface area contributed by atoms with Gasteiger partial charge in [-0.1, -0.05) is 15.9 Å². The van der Waals surface area contributed by atoms with Crippen molar-refractivity contribution in [3.8, 4) is 0 Å². The summed E-state index contributed by atoms with van der Waals surface area (Å²) >= 11 is 3.38. The lowest BCUT2D eigenvalue weighted by Gasteiger charge is -2.20. The van der Waals surface area contributed by atoms with Crippen molar-refractivity contribution >= 4 is 15.9 Å². The third-order valence-corrected chi connectivity index (χ3v) is 3.27. The topological polar surface area (TPSA) is 35.2 Å². The molecule has 90 valence electrons. The Hall–Kier alpha value is -0.450. The van der Waals surface area contributed by atoms with Gasteiger partial charge in [0, 0.05) is 17.1 Å². The second-order valence-electron chi connectivity index (χ2n) is 3.76. The van der Waals surface area contributed by atoms with Gasteiger partial charge in [0.2, 0.25) is 0 Å². The van der Waals surface area contributed by atoms with Crippen LogP contribution in [0.3, 0.4) is 0 Å². The predicted molar refractivity (Wildman–Crippen MR) is 66.9 cm³/mol. The maximum absolute atomic E-state index is 13.1. The molecule has 0 aromatic heterocycles. The summed E-state index contributed by atoms with van der Waals surface area (Å²) in [7, 11) is 0. The Morgan fingerprint density at radius 1 is 1.50 bits per heavy atom. The second-order valence-corrected chi connectivity index (χ2v) is 4.62. The van der Waals surface area contributed by atoms with E-state index < -0.39 is 0 Å². The maximum atomic E-state index is 13.1. The highest BCUT2D eigenvalue weighted by molar-refractivity contribution is 9.10. The van der Waals surface area contributed by atoms with Crippen molar-refractivity contribution in [1.29, 1.82) is 0 Å². The summed E-state index contributed by atoms with van der Waals surface area (Å²) in [5.74, 6) is -0.241. The molecule has 0 amide bonds. The van der Waals surface area contributed by atoms with E-state index in [4.69, 9.17) is 10.5 Å². The number of halogens is 2. The van der Waals surface area contributed by atoms with E-state index in [0.29, 0.717) is 13.0 Å². The zero-order valence-corrected chi connectivity index (χ0v) is 11.1. The molecule has 0 aliphatic rings. The minimum atomic E-state index is -0.241. The molecule has 16 heavy (non-hydrogen) atoms. The molecular weight excluding hydrogens is 273 g/mol. The van der Waals surface area contributed by atoms with Gasteiger partial charge in [0.15, 0.2) is 0 Å². The highest BCUT2D eigenvalue weighted by Gasteiger charge is 2.15. The Balaban J connectivity index is 2.68. The molecule has 1 aromatic rings. The van der Waals surface area contributed by atoms with Crippen molar-refractivity contribution in [2.75, 3.05) is 6.61 Å². The lowest BCUT2D eigenvalue weighted by atomic mass is 10.0. The van der Waals surface area contributed by atoms with Crippen LogP contribution in [-0.4, -0.2) is 18.8 Å². The molecule has 0 saturated heterocycles. The number of hydrogen-bond acceptors (Lipinski definition) is 2. The molecule has 0 saturated carbocycles. The van der Waals surface area contributed by atoms with Gasteiger partial charge in [-0.3, -0.25) is 0 Å². The fourth-order valence-electron chi connectivity index (χ4n) is 1.51. The average molecular weight is 290 g/mol. The number of ether oxygens (including phenoxy) is 1. The van der Waals surface area contributed by atoms with Crippen LogP contribution in [0.2, 0.25) is 0 Å². The highest BCUT2D eigenvalue weighted by atomic mass is 79.9. The Morgan fingerprint density at radius 2 is 2.19 bits per heavy atom. The molecule has 0 heterocycles. The van der Waals surface area contributed by atoms with Crippen LogP contribution < -0.4 is 5.73 Å². The smallest absolute Gasteiger partial charge is 0.123 e. The van der Waals surface area contributed by atoms with E-state index in [1.54, 1.807) is 6.07 Å². The fraction of sp³-hybridized carbons (Fsp3) is 0.500. The number of rotatable bonds is 5. The summed E-state index contributed by atoms with van der Waals surface area (Å²) in [6.07, 6.45) is 0.569. The van der Waals surface area contributed by atoms with E-state index in [1.807, 2.05) is 13.8 Å². The molecule has 0 radical (unpaired) electrons. The van der Waals surface area contributed by atoms with Gasteiger partial charge < -0.3 is 10.5 Å². The van der Waals surface area contributed by atoms with Crippen LogP contribution in [0.25, 0.3) is 0 Å². The molecule has 2 N–H and O–H groups in total. The first-order chi connectivity index (χ1) is 7.54. The van der Waals surface area contributed by atoms with E-state index in [9.17, 15) is 4.39 Å². The van der Waals surface area contributed by atoms with Crippen LogP contribution in [-0.2, 0) is 11.2 Å². The minimum Gasteiger partial charge on any atom is -0.377 e. The SMILES string of the molecule is CCOC(C)C(N)Cc1cc(F)ccc1Br. The zero-order valence-electron chi connectivity index (χ0n) is 9.54. The zero-order chi connectivity index (χ0) is 12.1. The van der Waals surface area contributed by atoms with Gasteiger partial charge in [0.25, 0.3) is 0 Å². The van der Waals surface area contributed by atoms with Crippen molar-refractivity contribution in [2.45, 2.75) is 32.4 Å². The van der Waals surface area contributed by atoms with E-state index in [1.165, 1.54) is 12.1 Å². The molecule has 2 unspecified atom stereocenters. The monoisotopic (exact) mass is 289 g/mol. The van der Waals surface area contributed by atoms with Crippen LogP contribution in [0.4, 0.5) is 4.39 Å². The summed E-state index contributed by atoms with van der Waals surface area (Å²) in [6, 6.07) is 4.49. The summed E-state index contributed by atoms with van der Waals surface area (Å²) in [4.78, 5) is 0. The summed E-state index contributed by atoms with van der Waals surface area (Å²) in [6.45, 7) is 4.50. The van der Waals surface area contributed by atoms with Gasteiger partial charge in [-0.25, -0.2) is 4.39 Å². The number of nitrogens with two attached hydrogens (primary N) is 1. The largest absolute Gasteiger partial charge is 0.377 e. The lowest BCUT2D eigenvalue weighted by Crippen LogP contribution is -2.36. The summed E-state index contributed by atoms with van der Waals surface area (Å²) in [5, 5.41) is 0. The highest BCUT2D eigenvalue weighted by Crippen LogP contribution is 2.20.